The molecule has 1 atom stereocenters. The van der Waals surface area contributed by atoms with Gasteiger partial charge in [-0.1, -0.05) is 29.8 Å². The van der Waals surface area contributed by atoms with Gasteiger partial charge in [-0.25, -0.2) is 4.79 Å². The predicted molar refractivity (Wildman–Crippen MR) is 115 cm³/mol. The van der Waals surface area contributed by atoms with Crippen LogP contribution in [0.1, 0.15) is 46.1 Å². The summed E-state index contributed by atoms with van der Waals surface area (Å²) in [5.74, 6) is 0.242. The molecule has 0 radical (unpaired) electrons. The number of rotatable bonds is 4. The van der Waals surface area contributed by atoms with Gasteiger partial charge >= 0.3 is 6.09 Å². The fourth-order valence-electron chi connectivity index (χ4n) is 3.89. The molecular weight excluding hydrogens is 436 g/mol. The summed E-state index contributed by atoms with van der Waals surface area (Å²) in [4.78, 5) is 28.0. The number of fused-ring (bicyclic) bond motifs is 1. The molecular formula is C21H25BrN4O3. The van der Waals surface area contributed by atoms with Gasteiger partial charge in [0.05, 0.1) is 29.7 Å². The standard InChI is InChI=1S/C21H25BrN4O3/c1-12(2)6-20(27)26-13(3)10-24(21(28)29)18-7-16(17(22)8-19(18)26)14-9-23-25(11-14)15-4-5-15/h7-9,11-13,15H,4-6,10H2,1-3H3,(H,28,29). The molecule has 0 spiro atoms. The van der Waals surface area contributed by atoms with Gasteiger partial charge < -0.3 is 10.0 Å². The monoisotopic (exact) mass is 460 g/mol. The molecule has 1 fully saturated rings. The van der Waals surface area contributed by atoms with Gasteiger partial charge in [0.2, 0.25) is 5.91 Å². The minimum absolute atomic E-state index is 0.0139. The molecule has 154 valence electrons. The molecule has 1 aromatic heterocycles. The van der Waals surface area contributed by atoms with E-state index < -0.39 is 6.09 Å². The van der Waals surface area contributed by atoms with Crippen molar-refractivity contribution in [3.05, 3.63) is 29.0 Å². The number of carbonyl (C=O) groups excluding carboxylic acids is 1. The van der Waals surface area contributed by atoms with Gasteiger partial charge in [-0.05, 0) is 37.8 Å². The van der Waals surface area contributed by atoms with Crippen molar-refractivity contribution < 1.29 is 14.7 Å². The van der Waals surface area contributed by atoms with E-state index in [4.69, 9.17) is 0 Å². The summed E-state index contributed by atoms with van der Waals surface area (Å²) >= 11 is 3.64. The smallest absolute Gasteiger partial charge is 0.411 e. The van der Waals surface area contributed by atoms with Crippen LogP contribution < -0.4 is 9.80 Å². The van der Waals surface area contributed by atoms with Gasteiger partial charge in [0.1, 0.15) is 0 Å². The molecule has 29 heavy (non-hydrogen) atoms. The predicted octanol–water partition coefficient (Wildman–Crippen LogP) is 4.91. The van der Waals surface area contributed by atoms with Crippen LogP contribution in [0.2, 0.25) is 0 Å². The zero-order chi connectivity index (χ0) is 20.9. The molecule has 1 unspecified atom stereocenters. The number of anilines is 2. The van der Waals surface area contributed by atoms with E-state index in [1.807, 2.05) is 50.0 Å². The first kappa shape index (κ1) is 19.9. The summed E-state index contributed by atoms with van der Waals surface area (Å²) in [7, 11) is 0. The Bertz CT molecular complexity index is 967. The van der Waals surface area contributed by atoms with Crippen molar-refractivity contribution in [3.63, 3.8) is 0 Å². The molecule has 0 saturated heterocycles. The first-order valence-electron chi connectivity index (χ1n) is 9.96. The highest BCUT2D eigenvalue weighted by Crippen LogP contribution is 2.44. The van der Waals surface area contributed by atoms with E-state index in [2.05, 4.69) is 21.0 Å². The molecule has 2 amide bonds. The van der Waals surface area contributed by atoms with Gasteiger partial charge in [0, 0.05) is 34.8 Å². The number of nitrogens with zero attached hydrogens (tertiary/aromatic N) is 4. The topological polar surface area (TPSA) is 78.7 Å². The van der Waals surface area contributed by atoms with Crippen LogP contribution in [0.15, 0.2) is 29.0 Å². The van der Waals surface area contributed by atoms with Gasteiger partial charge in [0.25, 0.3) is 0 Å². The molecule has 1 aliphatic carbocycles. The molecule has 2 aliphatic rings. The Kier molecular flexibility index (Phi) is 5.14. The maximum atomic E-state index is 12.9. The van der Waals surface area contributed by atoms with Crippen LogP contribution in [0.3, 0.4) is 0 Å². The van der Waals surface area contributed by atoms with Gasteiger partial charge in [-0.15, -0.1) is 0 Å². The molecule has 8 heteroatoms. The molecule has 2 aromatic rings. The molecule has 1 aromatic carbocycles. The summed E-state index contributed by atoms with van der Waals surface area (Å²) in [5, 5.41) is 14.2. The van der Waals surface area contributed by atoms with E-state index in [1.165, 1.54) is 4.90 Å². The lowest BCUT2D eigenvalue weighted by atomic mass is 10.0. The lowest BCUT2D eigenvalue weighted by molar-refractivity contribution is -0.119. The van der Waals surface area contributed by atoms with Gasteiger partial charge in [-0.2, -0.15) is 5.10 Å². The Balaban J connectivity index is 1.80. The van der Waals surface area contributed by atoms with Crippen molar-refractivity contribution in [1.29, 1.82) is 0 Å². The largest absolute Gasteiger partial charge is 0.465 e. The molecule has 1 saturated carbocycles. The van der Waals surface area contributed by atoms with Crippen LogP contribution >= 0.6 is 15.9 Å². The molecule has 1 N–H and O–H groups in total. The van der Waals surface area contributed by atoms with E-state index in [9.17, 15) is 14.7 Å². The van der Waals surface area contributed by atoms with E-state index in [0.29, 0.717) is 23.8 Å². The van der Waals surface area contributed by atoms with E-state index in [1.54, 1.807) is 4.90 Å². The van der Waals surface area contributed by atoms with Gasteiger partial charge in [-0.3, -0.25) is 14.4 Å². The highest BCUT2D eigenvalue weighted by Gasteiger charge is 2.36. The first-order valence-corrected chi connectivity index (χ1v) is 10.8. The number of aromatic nitrogens is 2. The SMILES string of the molecule is CC(C)CC(=O)N1c2cc(Br)c(-c3cnn(C4CC4)c3)cc2N(C(=O)O)CC1C. The lowest BCUT2D eigenvalue weighted by Gasteiger charge is -2.40. The Labute approximate surface area is 178 Å². The van der Waals surface area contributed by atoms with Crippen molar-refractivity contribution in [1.82, 2.24) is 9.78 Å². The minimum Gasteiger partial charge on any atom is -0.465 e. The number of amides is 2. The third-order valence-electron chi connectivity index (χ3n) is 5.42. The summed E-state index contributed by atoms with van der Waals surface area (Å²) in [6.45, 7) is 6.15. The second-order valence-electron chi connectivity index (χ2n) is 8.36. The average Bonchev–Trinajstić information content (AvgIpc) is 3.37. The maximum Gasteiger partial charge on any atom is 0.411 e. The second-order valence-corrected chi connectivity index (χ2v) is 9.22. The van der Waals surface area contributed by atoms with E-state index in [-0.39, 0.29) is 24.4 Å². The van der Waals surface area contributed by atoms with Crippen LogP contribution in [0.4, 0.5) is 16.2 Å². The number of hydrogen-bond donors (Lipinski definition) is 1. The van der Waals surface area contributed by atoms with Crippen molar-refractivity contribution in [3.8, 4) is 11.1 Å². The van der Waals surface area contributed by atoms with Crippen LogP contribution in [-0.4, -0.2) is 39.5 Å². The van der Waals surface area contributed by atoms with E-state index >= 15 is 0 Å². The summed E-state index contributed by atoms with van der Waals surface area (Å²) in [6.07, 6.45) is 5.50. The van der Waals surface area contributed by atoms with Gasteiger partial charge in [0.15, 0.2) is 0 Å². The first-order chi connectivity index (χ1) is 13.8. The van der Waals surface area contributed by atoms with Crippen LogP contribution in [-0.2, 0) is 4.79 Å². The number of carboxylic acid groups (broad SMARTS) is 1. The Morgan fingerprint density at radius 2 is 2.00 bits per heavy atom. The second kappa shape index (κ2) is 7.48. The third kappa shape index (κ3) is 3.77. The molecule has 1 aliphatic heterocycles. The molecule has 7 nitrogen and oxygen atoms in total. The normalized spacial score (nSPS) is 18.9. The zero-order valence-electron chi connectivity index (χ0n) is 16.8. The Morgan fingerprint density at radius 1 is 1.28 bits per heavy atom. The zero-order valence-corrected chi connectivity index (χ0v) is 18.4. The summed E-state index contributed by atoms with van der Waals surface area (Å²) in [5.41, 5.74) is 2.95. The number of benzene rings is 1. The number of carbonyl (C=O) groups is 2. The Hall–Kier alpha value is -2.35. The van der Waals surface area contributed by atoms with Crippen molar-refractivity contribution >= 4 is 39.3 Å². The summed E-state index contributed by atoms with van der Waals surface area (Å²) in [6, 6.07) is 3.95. The van der Waals surface area contributed by atoms with Crippen LogP contribution in [0, 0.1) is 5.92 Å². The highest BCUT2D eigenvalue weighted by molar-refractivity contribution is 9.10. The molecule has 0 bridgehead atoms. The third-order valence-corrected chi connectivity index (χ3v) is 6.07. The van der Waals surface area contributed by atoms with Crippen LogP contribution in [0.25, 0.3) is 11.1 Å². The average molecular weight is 461 g/mol. The van der Waals surface area contributed by atoms with Crippen LogP contribution in [0.5, 0.6) is 0 Å². The van der Waals surface area contributed by atoms with Crippen molar-refractivity contribution in [2.45, 2.75) is 52.1 Å². The van der Waals surface area contributed by atoms with Crippen molar-refractivity contribution in [2.24, 2.45) is 5.92 Å². The fraction of sp³-hybridized carbons (Fsp3) is 0.476. The summed E-state index contributed by atoms with van der Waals surface area (Å²) < 4.78 is 2.78. The minimum atomic E-state index is -1.02. The molecule has 2 heterocycles. The number of halogens is 1. The van der Waals surface area contributed by atoms with E-state index in [0.717, 1.165) is 28.4 Å². The molecule has 4 rings (SSSR count). The maximum absolute atomic E-state index is 12.9. The fourth-order valence-corrected chi connectivity index (χ4v) is 4.45. The lowest BCUT2D eigenvalue weighted by Crippen LogP contribution is -2.52. The quantitative estimate of drug-likeness (QED) is 0.702. The Morgan fingerprint density at radius 3 is 2.62 bits per heavy atom. The van der Waals surface area contributed by atoms with Crippen molar-refractivity contribution in [2.75, 3.05) is 16.3 Å². The number of hydrogen-bond acceptors (Lipinski definition) is 3. The highest BCUT2D eigenvalue weighted by atomic mass is 79.9.